The molecule has 1 aromatic heterocycles. The molecule has 1 N–H and O–H groups in total. The van der Waals surface area contributed by atoms with Crippen LogP contribution in [-0.4, -0.2) is 10.9 Å². The van der Waals surface area contributed by atoms with Crippen molar-refractivity contribution in [2.24, 2.45) is 5.41 Å². The van der Waals surface area contributed by atoms with Gasteiger partial charge in [-0.2, -0.15) is 5.26 Å². The van der Waals surface area contributed by atoms with Gasteiger partial charge in [-0.3, -0.25) is 4.79 Å². The zero-order valence-corrected chi connectivity index (χ0v) is 9.74. The molecular formula is C12H15N3O. The molecule has 84 valence electrons. The maximum atomic E-state index is 11.6. The number of anilines is 1. The van der Waals surface area contributed by atoms with Gasteiger partial charge in [0.2, 0.25) is 5.91 Å². The Bertz CT molecular complexity index is 427. The van der Waals surface area contributed by atoms with E-state index < -0.39 is 0 Å². The summed E-state index contributed by atoms with van der Waals surface area (Å²) >= 11 is 0. The largest absolute Gasteiger partial charge is 0.311 e. The second-order valence-corrected chi connectivity index (χ2v) is 4.81. The van der Waals surface area contributed by atoms with Gasteiger partial charge in [-0.1, -0.05) is 26.8 Å². The normalized spacial score (nSPS) is 10.6. The van der Waals surface area contributed by atoms with E-state index in [-0.39, 0.29) is 11.3 Å². The van der Waals surface area contributed by atoms with Gasteiger partial charge in [-0.05, 0) is 17.5 Å². The summed E-state index contributed by atoms with van der Waals surface area (Å²) in [6.07, 6.45) is 0.422. The van der Waals surface area contributed by atoms with E-state index in [1.54, 1.807) is 18.2 Å². The molecule has 1 rings (SSSR count). The fraction of sp³-hybridized carbons (Fsp3) is 0.417. The highest BCUT2D eigenvalue weighted by Gasteiger charge is 2.16. The number of carbonyl (C=O) groups excluding carboxylic acids is 1. The predicted molar refractivity (Wildman–Crippen MR) is 61.7 cm³/mol. The fourth-order valence-electron chi connectivity index (χ4n) is 1.24. The lowest BCUT2D eigenvalue weighted by atomic mass is 9.92. The van der Waals surface area contributed by atoms with Crippen molar-refractivity contribution in [2.45, 2.75) is 27.2 Å². The third-order valence-corrected chi connectivity index (χ3v) is 1.82. The highest BCUT2D eigenvalue weighted by Crippen LogP contribution is 2.19. The summed E-state index contributed by atoms with van der Waals surface area (Å²) in [4.78, 5) is 15.6. The molecule has 0 saturated heterocycles. The van der Waals surface area contributed by atoms with Gasteiger partial charge in [0.05, 0.1) is 0 Å². The van der Waals surface area contributed by atoms with Crippen LogP contribution >= 0.6 is 0 Å². The van der Waals surface area contributed by atoms with E-state index in [1.807, 2.05) is 26.8 Å². The molecule has 4 nitrogen and oxygen atoms in total. The topological polar surface area (TPSA) is 65.8 Å². The second kappa shape index (κ2) is 4.75. The van der Waals surface area contributed by atoms with Crippen molar-refractivity contribution in [3.05, 3.63) is 23.9 Å². The second-order valence-electron chi connectivity index (χ2n) is 4.81. The molecule has 1 amide bonds. The summed E-state index contributed by atoms with van der Waals surface area (Å²) in [5, 5.41) is 11.3. The van der Waals surface area contributed by atoms with E-state index in [0.29, 0.717) is 17.9 Å². The molecule has 16 heavy (non-hydrogen) atoms. The monoisotopic (exact) mass is 217 g/mol. The highest BCUT2D eigenvalue weighted by molar-refractivity contribution is 5.90. The van der Waals surface area contributed by atoms with Gasteiger partial charge >= 0.3 is 0 Å². The molecule has 0 aliphatic rings. The first-order chi connectivity index (χ1) is 7.40. The van der Waals surface area contributed by atoms with E-state index in [4.69, 9.17) is 5.26 Å². The Balaban J connectivity index is 2.67. The molecule has 0 aliphatic heterocycles. The Morgan fingerprint density at radius 2 is 2.19 bits per heavy atom. The minimum absolute atomic E-state index is 0.0586. The van der Waals surface area contributed by atoms with Crippen LogP contribution in [0, 0.1) is 16.7 Å². The van der Waals surface area contributed by atoms with Crippen LogP contribution in [0.1, 0.15) is 32.9 Å². The number of nitrogens with one attached hydrogen (secondary N) is 1. The summed E-state index contributed by atoms with van der Waals surface area (Å²) < 4.78 is 0. The molecule has 0 aromatic carbocycles. The van der Waals surface area contributed by atoms with Crippen LogP contribution in [0.4, 0.5) is 5.82 Å². The van der Waals surface area contributed by atoms with Crippen molar-refractivity contribution in [2.75, 3.05) is 5.32 Å². The van der Waals surface area contributed by atoms with Crippen molar-refractivity contribution in [1.82, 2.24) is 4.98 Å². The summed E-state index contributed by atoms with van der Waals surface area (Å²) in [5.41, 5.74) is 0.241. The minimum Gasteiger partial charge on any atom is -0.311 e. The van der Waals surface area contributed by atoms with Crippen molar-refractivity contribution in [1.29, 1.82) is 5.26 Å². The summed E-state index contributed by atoms with van der Waals surface area (Å²) in [5.74, 6) is 0.336. The number of nitriles is 1. The highest BCUT2D eigenvalue weighted by atomic mass is 16.1. The molecule has 0 radical (unpaired) electrons. The van der Waals surface area contributed by atoms with Crippen LogP contribution in [-0.2, 0) is 4.79 Å². The van der Waals surface area contributed by atoms with Crippen LogP contribution in [0.15, 0.2) is 18.2 Å². The van der Waals surface area contributed by atoms with E-state index in [0.717, 1.165) is 0 Å². The number of aromatic nitrogens is 1. The first-order valence-electron chi connectivity index (χ1n) is 5.08. The smallest absolute Gasteiger partial charge is 0.226 e. The van der Waals surface area contributed by atoms with Gasteiger partial charge in [0.15, 0.2) is 0 Å². The van der Waals surface area contributed by atoms with Gasteiger partial charge in [0.1, 0.15) is 17.6 Å². The van der Waals surface area contributed by atoms with Crippen LogP contribution in [0.25, 0.3) is 0 Å². The van der Waals surface area contributed by atoms with Gasteiger partial charge in [0, 0.05) is 6.42 Å². The van der Waals surface area contributed by atoms with E-state index in [2.05, 4.69) is 10.3 Å². The number of rotatable bonds is 2. The van der Waals surface area contributed by atoms with Gasteiger partial charge in [-0.25, -0.2) is 4.98 Å². The Morgan fingerprint density at radius 3 is 2.75 bits per heavy atom. The number of carbonyl (C=O) groups is 1. The van der Waals surface area contributed by atoms with E-state index >= 15 is 0 Å². The summed E-state index contributed by atoms with van der Waals surface area (Å²) in [6, 6.07) is 6.88. The third-order valence-electron chi connectivity index (χ3n) is 1.82. The van der Waals surface area contributed by atoms with Crippen molar-refractivity contribution in [3.8, 4) is 6.07 Å². The SMILES string of the molecule is CC(C)(C)CC(=O)Nc1cccc(C#N)n1. The zero-order chi connectivity index (χ0) is 12.2. The number of hydrogen-bond acceptors (Lipinski definition) is 3. The lowest BCUT2D eigenvalue weighted by Crippen LogP contribution is -2.20. The Kier molecular flexibility index (Phi) is 3.62. The van der Waals surface area contributed by atoms with Crippen molar-refractivity contribution >= 4 is 11.7 Å². The molecule has 4 heteroatoms. The molecule has 0 spiro atoms. The van der Waals surface area contributed by atoms with Crippen molar-refractivity contribution in [3.63, 3.8) is 0 Å². The first kappa shape index (κ1) is 12.2. The Labute approximate surface area is 95.3 Å². The van der Waals surface area contributed by atoms with Crippen LogP contribution < -0.4 is 5.32 Å². The van der Waals surface area contributed by atoms with E-state index in [9.17, 15) is 4.79 Å². The molecule has 1 aromatic rings. The average Bonchev–Trinajstić information content (AvgIpc) is 2.15. The molecule has 0 bridgehead atoms. The standard InChI is InChI=1S/C12H15N3O/c1-12(2,3)7-11(16)15-10-6-4-5-9(8-13)14-10/h4-6H,7H2,1-3H3,(H,14,15,16). The maximum Gasteiger partial charge on any atom is 0.226 e. The molecule has 0 atom stereocenters. The third kappa shape index (κ3) is 4.09. The minimum atomic E-state index is -0.0879. The molecule has 0 fully saturated rings. The zero-order valence-electron chi connectivity index (χ0n) is 9.74. The van der Waals surface area contributed by atoms with Gasteiger partial charge in [0.25, 0.3) is 0 Å². The Hall–Kier alpha value is -1.89. The van der Waals surface area contributed by atoms with Crippen LogP contribution in [0.3, 0.4) is 0 Å². The molecule has 1 heterocycles. The average molecular weight is 217 g/mol. The number of nitrogens with zero attached hydrogens (tertiary/aromatic N) is 2. The summed E-state index contributed by atoms with van der Waals surface area (Å²) in [7, 11) is 0. The lowest BCUT2D eigenvalue weighted by Gasteiger charge is -2.16. The number of amides is 1. The number of hydrogen-bond donors (Lipinski definition) is 1. The van der Waals surface area contributed by atoms with Crippen LogP contribution in [0.5, 0.6) is 0 Å². The molecular weight excluding hydrogens is 202 g/mol. The molecule has 0 unspecified atom stereocenters. The summed E-state index contributed by atoms with van der Waals surface area (Å²) in [6.45, 7) is 5.98. The van der Waals surface area contributed by atoms with Crippen LogP contribution in [0.2, 0.25) is 0 Å². The number of pyridine rings is 1. The quantitative estimate of drug-likeness (QED) is 0.826. The van der Waals surface area contributed by atoms with E-state index in [1.165, 1.54) is 0 Å². The Morgan fingerprint density at radius 1 is 1.50 bits per heavy atom. The molecule has 0 aliphatic carbocycles. The molecule has 0 saturated carbocycles. The lowest BCUT2D eigenvalue weighted by molar-refractivity contribution is -0.117. The maximum absolute atomic E-state index is 11.6. The predicted octanol–water partition coefficient (Wildman–Crippen LogP) is 2.33. The first-order valence-corrected chi connectivity index (χ1v) is 5.08. The fourth-order valence-corrected chi connectivity index (χ4v) is 1.24. The van der Waals surface area contributed by atoms with Crippen molar-refractivity contribution < 1.29 is 4.79 Å². The van der Waals surface area contributed by atoms with Gasteiger partial charge in [-0.15, -0.1) is 0 Å². The van der Waals surface area contributed by atoms with Gasteiger partial charge < -0.3 is 5.32 Å².